The van der Waals surface area contributed by atoms with Crippen molar-refractivity contribution in [1.82, 2.24) is 4.90 Å². The van der Waals surface area contributed by atoms with Gasteiger partial charge in [0.2, 0.25) is 0 Å². The zero-order valence-corrected chi connectivity index (χ0v) is 17.5. The first-order valence-corrected chi connectivity index (χ1v) is 10.0. The lowest BCUT2D eigenvalue weighted by Gasteiger charge is -2.38. The highest BCUT2D eigenvalue weighted by Crippen LogP contribution is 2.41. The number of rotatable bonds is 4. The molecule has 154 valence electrons. The van der Waals surface area contributed by atoms with Crippen molar-refractivity contribution < 1.29 is 14.3 Å². The Morgan fingerprint density at radius 1 is 0.967 bits per heavy atom. The maximum absolute atomic E-state index is 13.3. The van der Waals surface area contributed by atoms with Gasteiger partial charge in [-0.15, -0.1) is 0 Å². The molecule has 5 nitrogen and oxygen atoms in total. The Bertz CT molecular complexity index is 1030. The highest BCUT2D eigenvalue weighted by atomic mass is 16.5. The van der Waals surface area contributed by atoms with Gasteiger partial charge >= 0.3 is 6.03 Å². The molecule has 0 bridgehead atoms. The van der Waals surface area contributed by atoms with Gasteiger partial charge in [0.1, 0.15) is 0 Å². The van der Waals surface area contributed by atoms with Crippen LogP contribution >= 0.6 is 0 Å². The number of amides is 2. The number of nitrogens with zero attached hydrogens (tertiary/aromatic N) is 1. The van der Waals surface area contributed by atoms with Crippen molar-refractivity contribution in [2.45, 2.75) is 19.4 Å². The molecule has 0 spiro atoms. The van der Waals surface area contributed by atoms with Crippen LogP contribution in [-0.2, 0) is 6.42 Å². The van der Waals surface area contributed by atoms with E-state index < -0.39 is 0 Å². The molecule has 4 rings (SSSR count). The van der Waals surface area contributed by atoms with Crippen molar-refractivity contribution in [1.29, 1.82) is 0 Å². The number of aryl methyl sites for hydroxylation is 1. The molecule has 0 saturated carbocycles. The largest absolute Gasteiger partial charge is 0.493 e. The van der Waals surface area contributed by atoms with Gasteiger partial charge in [-0.25, -0.2) is 4.79 Å². The van der Waals surface area contributed by atoms with Crippen molar-refractivity contribution in [3.05, 3.63) is 89.0 Å². The molecule has 2 amide bonds. The quantitative estimate of drug-likeness (QED) is 0.653. The van der Waals surface area contributed by atoms with E-state index in [1.807, 2.05) is 66.4 Å². The lowest BCUT2D eigenvalue weighted by molar-refractivity contribution is 0.193. The van der Waals surface area contributed by atoms with E-state index in [9.17, 15) is 4.79 Å². The molecule has 3 aromatic rings. The monoisotopic (exact) mass is 402 g/mol. The number of carbonyl (C=O) groups excluding carboxylic acids is 1. The zero-order chi connectivity index (χ0) is 21.1. The van der Waals surface area contributed by atoms with Crippen LogP contribution in [0.25, 0.3) is 0 Å². The van der Waals surface area contributed by atoms with E-state index in [0.717, 1.165) is 28.8 Å². The number of methoxy groups -OCH3 is 2. The summed E-state index contributed by atoms with van der Waals surface area (Å²) in [7, 11) is 3.27. The summed E-state index contributed by atoms with van der Waals surface area (Å²) in [4.78, 5) is 15.2. The molecule has 1 aliphatic rings. The van der Waals surface area contributed by atoms with Crippen molar-refractivity contribution in [3.8, 4) is 11.5 Å². The minimum Gasteiger partial charge on any atom is -0.493 e. The van der Waals surface area contributed by atoms with Gasteiger partial charge in [0.15, 0.2) is 11.5 Å². The first-order chi connectivity index (χ1) is 14.6. The molecule has 3 aromatic carbocycles. The molecule has 0 aliphatic carbocycles. The fourth-order valence-corrected chi connectivity index (χ4v) is 3.99. The molecule has 0 aromatic heterocycles. The molecular formula is C25H26N2O3. The van der Waals surface area contributed by atoms with E-state index in [0.29, 0.717) is 18.0 Å². The van der Waals surface area contributed by atoms with Gasteiger partial charge in [-0.1, -0.05) is 48.0 Å². The Labute approximate surface area is 177 Å². The van der Waals surface area contributed by atoms with Crippen LogP contribution in [0, 0.1) is 6.92 Å². The number of carbonyl (C=O) groups is 1. The first kappa shape index (κ1) is 19.8. The second-order valence-electron chi connectivity index (χ2n) is 7.46. The molecule has 1 N–H and O–H groups in total. The summed E-state index contributed by atoms with van der Waals surface area (Å²) in [5.41, 5.74) is 5.23. The van der Waals surface area contributed by atoms with Crippen molar-refractivity contribution in [2.24, 2.45) is 0 Å². The highest BCUT2D eigenvalue weighted by molar-refractivity contribution is 5.90. The van der Waals surface area contributed by atoms with Crippen LogP contribution in [0.2, 0.25) is 0 Å². The fraction of sp³-hybridized carbons (Fsp3) is 0.240. The number of hydrogen-bond donors (Lipinski definition) is 1. The van der Waals surface area contributed by atoms with Crippen molar-refractivity contribution in [2.75, 3.05) is 26.1 Å². The van der Waals surface area contributed by atoms with E-state index >= 15 is 0 Å². The van der Waals surface area contributed by atoms with Crippen LogP contribution in [0.1, 0.15) is 28.3 Å². The van der Waals surface area contributed by atoms with Crippen LogP contribution in [0.5, 0.6) is 11.5 Å². The van der Waals surface area contributed by atoms with E-state index in [1.165, 1.54) is 5.56 Å². The molecule has 1 atom stereocenters. The maximum atomic E-state index is 13.3. The van der Waals surface area contributed by atoms with Gasteiger partial charge in [0, 0.05) is 12.2 Å². The SMILES string of the molecule is COc1cc2c(cc1OC)[C@@H](c1ccccc1)N(C(=O)Nc1ccc(C)cc1)CC2. The Kier molecular flexibility index (Phi) is 5.61. The van der Waals surface area contributed by atoms with Gasteiger partial charge in [-0.3, -0.25) is 0 Å². The molecular weight excluding hydrogens is 376 g/mol. The second kappa shape index (κ2) is 8.49. The Hall–Kier alpha value is -3.47. The fourth-order valence-electron chi connectivity index (χ4n) is 3.99. The highest BCUT2D eigenvalue weighted by Gasteiger charge is 2.33. The Morgan fingerprint density at radius 3 is 2.30 bits per heavy atom. The van der Waals surface area contributed by atoms with Gasteiger partial charge < -0.3 is 19.7 Å². The molecule has 0 saturated heterocycles. The lowest BCUT2D eigenvalue weighted by Crippen LogP contribution is -2.43. The van der Waals surface area contributed by atoms with E-state index in [-0.39, 0.29) is 12.1 Å². The number of nitrogens with one attached hydrogen (secondary N) is 1. The topological polar surface area (TPSA) is 50.8 Å². The zero-order valence-electron chi connectivity index (χ0n) is 17.5. The summed E-state index contributed by atoms with van der Waals surface area (Å²) in [6.07, 6.45) is 0.750. The number of ether oxygens (including phenoxy) is 2. The van der Waals surface area contributed by atoms with Crippen molar-refractivity contribution in [3.63, 3.8) is 0 Å². The van der Waals surface area contributed by atoms with Gasteiger partial charge in [0.25, 0.3) is 0 Å². The number of urea groups is 1. The van der Waals surface area contributed by atoms with Gasteiger partial charge in [-0.2, -0.15) is 0 Å². The van der Waals surface area contributed by atoms with Gasteiger partial charge in [-0.05, 0) is 54.3 Å². The predicted octanol–water partition coefficient (Wildman–Crippen LogP) is 5.19. The summed E-state index contributed by atoms with van der Waals surface area (Å²) < 4.78 is 11.0. The third-order valence-corrected chi connectivity index (χ3v) is 5.55. The third-order valence-electron chi connectivity index (χ3n) is 5.55. The van der Waals surface area contributed by atoms with Crippen LogP contribution < -0.4 is 14.8 Å². The minimum absolute atomic E-state index is 0.117. The minimum atomic E-state index is -0.208. The number of anilines is 1. The average molecular weight is 402 g/mol. The second-order valence-corrected chi connectivity index (χ2v) is 7.46. The summed E-state index contributed by atoms with van der Waals surface area (Å²) >= 11 is 0. The first-order valence-electron chi connectivity index (χ1n) is 10.0. The Balaban J connectivity index is 1.74. The molecule has 1 aliphatic heterocycles. The van der Waals surface area contributed by atoms with Crippen LogP contribution in [0.3, 0.4) is 0 Å². The predicted molar refractivity (Wildman–Crippen MR) is 118 cm³/mol. The van der Waals surface area contributed by atoms with E-state index in [2.05, 4.69) is 17.4 Å². The summed E-state index contributed by atoms with van der Waals surface area (Å²) in [5, 5.41) is 3.05. The third kappa shape index (κ3) is 3.83. The van der Waals surface area contributed by atoms with Gasteiger partial charge in [0.05, 0.1) is 20.3 Å². The molecule has 0 unspecified atom stereocenters. The summed E-state index contributed by atoms with van der Waals surface area (Å²) in [6.45, 7) is 2.64. The normalized spacial score (nSPS) is 15.3. The molecule has 0 fully saturated rings. The van der Waals surface area contributed by atoms with Crippen LogP contribution in [-0.4, -0.2) is 31.7 Å². The lowest BCUT2D eigenvalue weighted by atomic mass is 9.88. The smallest absolute Gasteiger partial charge is 0.322 e. The summed E-state index contributed by atoms with van der Waals surface area (Å²) in [6, 6.07) is 21.6. The number of hydrogen-bond acceptors (Lipinski definition) is 3. The number of benzene rings is 3. The maximum Gasteiger partial charge on any atom is 0.322 e. The van der Waals surface area contributed by atoms with Crippen molar-refractivity contribution >= 4 is 11.7 Å². The Morgan fingerprint density at radius 2 is 1.63 bits per heavy atom. The molecule has 0 radical (unpaired) electrons. The van der Waals surface area contributed by atoms with Crippen LogP contribution in [0.15, 0.2) is 66.7 Å². The molecule has 1 heterocycles. The van der Waals surface area contributed by atoms with Crippen LogP contribution in [0.4, 0.5) is 10.5 Å². The molecule has 5 heteroatoms. The van der Waals surface area contributed by atoms with E-state index in [4.69, 9.17) is 9.47 Å². The van der Waals surface area contributed by atoms with E-state index in [1.54, 1.807) is 14.2 Å². The average Bonchev–Trinajstić information content (AvgIpc) is 2.79. The summed E-state index contributed by atoms with van der Waals surface area (Å²) in [5.74, 6) is 1.37. The molecule has 30 heavy (non-hydrogen) atoms. The standard InChI is InChI=1S/C25H26N2O3/c1-17-9-11-20(12-10-17)26-25(28)27-14-13-19-15-22(29-2)23(30-3)16-21(19)24(27)18-7-5-4-6-8-18/h4-12,15-16,24H,13-14H2,1-3H3,(H,26,28)/t24-/m1/s1. The number of fused-ring (bicyclic) bond motifs is 1.